The normalized spacial score (nSPS) is 10.3. The number of hydrogen-bond donors (Lipinski definition) is 0. The predicted molar refractivity (Wildman–Crippen MR) is 70.4 cm³/mol. The zero-order valence-electron chi connectivity index (χ0n) is 9.40. The maximum absolute atomic E-state index is 13.0. The SMILES string of the molecule is CN(Cc1cccc(F)c1)c1cccc(Br)n1. The number of anilines is 1. The van der Waals surface area contributed by atoms with E-state index < -0.39 is 0 Å². The Morgan fingerprint density at radius 1 is 1.24 bits per heavy atom. The van der Waals surface area contributed by atoms with E-state index in [1.165, 1.54) is 12.1 Å². The van der Waals surface area contributed by atoms with Crippen molar-refractivity contribution in [1.82, 2.24) is 4.98 Å². The van der Waals surface area contributed by atoms with E-state index in [1.54, 1.807) is 6.07 Å². The molecule has 0 atom stereocenters. The summed E-state index contributed by atoms with van der Waals surface area (Å²) in [5.74, 6) is 0.640. The first-order valence-electron chi connectivity index (χ1n) is 5.23. The molecule has 17 heavy (non-hydrogen) atoms. The van der Waals surface area contributed by atoms with Crippen LogP contribution in [-0.2, 0) is 6.54 Å². The molecule has 2 nitrogen and oxygen atoms in total. The number of pyridine rings is 1. The summed E-state index contributed by atoms with van der Waals surface area (Å²) in [5.41, 5.74) is 0.925. The van der Waals surface area contributed by atoms with E-state index in [4.69, 9.17) is 0 Å². The zero-order valence-corrected chi connectivity index (χ0v) is 11.0. The number of rotatable bonds is 3. The molecule has 0 spiro atoms. The van der Waals surface area contributed by atoms with Crippen molar-refractivity contribution in [2.24, 2.45) is 0 Å². The van der Waals surface area contributed by atoms with Crippen LogP contribution < -0.4 is 4.90 Å². The fourth-order valence-corrected chi connectivity index (χ4v) is 1.93. The molecule has 0 unspecified atom stereocenters. The number of aromatic nitrogens is 1. The van der Waals surface area contributed by atoms with Crippen LogP contribution in [0.1, 0.15) is 5.56 Å². The van der Waals surface area contributed by atoms with E-state index in [0.29, 0.717) is 6.54 Å². The molecule has 1 aromatic carbocycles. The molecule has 0 N–H and O–H groups in total. The highest BCUT2D eigenvalue weighted by Crippen LogP contribution is 2.16. The summed E-state index contributed by atoms with van der Waals surface area (Å²) >= 11 is 3.33. The van der Waals surface area contributed by atoms with Gasteiger partial charge in [0.1, 0.15) is 16.2 Å². The van der Waals surface area contributed by atoms with Crippen molar-refractivity contribution in [3.8, 4) is 0 Å². The monoisotopic (exact) mass is 294 g/mol. The molecule has 0 amide bonds. The van der Waals surface area contributed by atoms with Crippen LogP contribution in [0, 0.1) is 5.82 Å². The Kier molecular flexibility index (Phi) is 3.74. The molecule has 88 valence electrons. The lowest BCUT2D eigenvalue weighted by molar-refractivity contribution is 0.625. The van der Waals surface area contributed by atoms with Gasteiger partial charge >= 0.3 is 0 Å². The maximum atomic E-state index is 13.0. The fraction of sp³-hybridized carbons (Fsp3) is 0.154. The number of hydrogen-bond acceptors (Lipinski definition) is 2. The molecule has 0 saturated heterocycles. The number of nitrogens with zero attached hydrogens (tertiary/aromatic N) is 2. The summed E-state index contributed by atoms with van der Waals surface area (Å²) in [4.78, 5) is 6.31. The second-order valence-electron chi connectivity index (χ2n) is 3.80. The molecule has 1 aromatic heterocycles. The third kappa shape index (κ3) is 3.27. The van der Waals surface area contributed by atoms with Crippen molar-refractivity contribution in [2.45, 2.75) is 6.54 Å². The second-order valence-corrected chi connectivity index (χ2v) is 4.62. The van der Waals surface area contributed by atoms with Crippen molar-refractivity contribution < 1.29 is 4.39 Å². The van der Waals surface area contributed by atoms with Gasteiger partial charge in [0.25, 0.3) is 0 Å². The van der Waals surface area contributed by atoms with Gasteiger partial charge in [-0.3, -0.25) is 0 Å². The average molecular weight is 295 g/mol. The number of benzene rings is 1. The van der Waals surface area contributed by atoms with Gasteiger partial charge in [-0.15, -0.1) is 0 Å². The second kappa shape index (κ2) is 5.27. The largest absolute Gasteiger partial charge is 0.355 e. The van der Waals surface area contributed by atoms with Crippen molar-refractivity contribution >= 4 is 21.7 Å². The molecule has 0 aliphatic carbocycles. The van der Waals surface area contributed by atoms with Crippen LogP contribution in [0.4, 0.5) is 10.2 Å². The molecule has 0 saturated carbocycles. The van der Waals surface area contributed by atoms with E-state index >= 15 is 0 Å². The third-order valence-electron chi connectivity index (χ3n) is 2.40. The van der Waals surface area contributed by atoms with Gasteiger partial charge < -0.3 is 4.90 Å². The lowest BCUT2D eigenvalue weighted by Gasteiger charge is -2.18. The Hall–Kier alpha value is -1.42. The predicted octanol–water partition coefficient (Wildman–Crippen LogP) is 3.62. The molecule has 2 rings (SSSR count). The minimum Gasteiger partial charge on any atom is -0.355 e. The first-order valence-corrected chi connectivity index (χ1v) is 6.02. The Bertz CT molecular complexity index is 516. The molecule has 0 fully saturated rings. The standard InChI is InChI=1S/C13H12BrFN2/c1-17(13-7-3-6-12(14)16-13)9-10-4-2-5-11(15)8-10/h2-8H,9H2,1H3. The van der Waals surface area contributed by atoms with E-state index in [2.05, 4.69) is 20.9 Å². The van der Waals surface area contributed by atoms with Crippen LogP contribution in [0.2, 0.25) is 0 Å². The van der Waals surface area contributed by atoms with Gasteiger partial charge in [-0.2, -0.15) is 0 Å². The summed E-state index contributed by atoms with van der Waals surface area (Å²) < 4.78 is 13.8. The summed E-state index contributed by atoms with van der Waals surface area (Å²) in [6.45, 7) is 0.626. The van der Waals surface area contributed by atoms with Gasteiger partial charge in [-0.1, -0.05) is 18.2 Å². The molecule has 0 bridgehead atoms. The van der Waals surface area contributed by atoms with E-state index in [0.717, 1.165) is 16.0 Å². The van der Waals surface area contributed by atoms with Crippen LogP contribution in [0.5, 0.6) is 0 Å². The van der Waals surface area contributed by atoms with E-state index in [1.807, 2.05) is 36.2 Å². The molecule has 0 radical (unpaired) electrons. The lowest BCUT2D eigenvalue weighted by Crippen LogP contribution is -2.17. The Labute approximate surface area is 108 Å². The molecule has 4 heteroatoms. The van der Waals surface area contributed by atoms with Crippen LogP contribution in [0.25, 0.3) is 0 Å². The highest BCUT2D eigenvalue weighted by Gasteiger charge is 2.04. The van der Waals surface area contributed by atoms with Crippen LogP contribution in [0.3, 0.4) is 0 Å². The van der Waals surface area contributed by atoms with Gasteiger partial charge in [0, 0.05) is 13.6 Å². The first-order chi connectivity index (χ1) is 8.15. The molecular formula is C13H12BrFN2. The van der Waals surface area contributed by atoms with Gasteiger partial charge in [0.05, 0.1) is 0 Å². The van der Waals surface area contributed by atoms with Gasteiger partial charge in [-0.25, -0.2) is 9.37 Å². The van der Waals surface area contributed by atoms with Crippen LogP contribution in [0.15, 0.2) is 47.1 Å². The van der Waals surface area contributed by atoms with Crippen molar-refractivity contribution in [1.29, 1.82) is 0 Å². The topological polar surface area (TPSA) is 16.1 Å². The molecular weight excluding hydrogens is 283 g/mol. The maximum Gasteiger partial charge on any atom is 0.129 e. The van der Waals surface area contributed by atoms with Gasteiger partial charge in [0.15, 0.2) is 0 Å². The minimum absolute atomic E-state index is 0.210. The van der Waals surface area contributed by atoms with Crippen molar-refractivity contribution in [3.05, 3.63) is 58.4 Å². The highest BCUT2D eigenvalue weighted by molar-refractivity contribution is 9.10. The zero-order chi connectivity index (χ0) is 12.3. The lowest BCUT2D eigenvalue weighted by atomic mass is 10.2. The minimum atomic E-state index is -0.210. The average Bonchev–Trinajstić information content (AvgIpc) is 2.29. The van der Waals surface area contributed by atoms with E-state index in [-0.39, 0.29) is 5.82 Å². The molecule has 0 aliphatic rings. The summed E-state index contributed by atoms with van der Waals surface area (Å²) in [5, 5.41) is 0. The van der Waals surface area contributed by atoms with Crippen molar-refractivity contribution in [2.75, 3.05) is 11.9 Å². The van der Waals surface area contributed by atoms with E-state index in [9.17, 15) is 4.39 Å². The molecule has 1 heterocycles. The van der Waals surface area contributed by atoms with Gasteiger partial charge in [0.2, 0.25) is 0 Å². The Morgan fingerprint density at radius 3 is 2.71 bits per heavy atom. The van der Waals surface area contributed by atoms with Crippen LogP contribution >= 0.6 is 15.9 Å². The molecule has 0 aliphatic heterocycles. The van der Waals surface area contributed by atoms with Crippen molar-refractivity contribution in [3.63, 3.8) is 0 Å². The Balaban J connectivity index is 2.14. The number of halogens is 2. The molecule has 2 aromatic rings. The Morgan fingerprint density at radius 2 is 2.00 bits per heavy atom. The smallest absolute Gasteiger partial charge is 0.129 e. The third-order valence-corrected chi connectivity index (χ3v) is 2.84. The highest BCUT2D eigenvalue weighted by atomic mass is 79.9. The first kappa shape index (κ1) is 12.0. The quantitative estimate of drug-likeness (QED) is 0.804. The fourth-order valence-electron chi connectivity index (χ4n) is 1.60. The summed E-state index contributed by atoms with van der Waals surface area (Å²) in [7, 11) is 1.93. The summed E-state index contributed by atoms with van der Waals surface area (Å²) in [6, 6.07) is 12.3. The summed E-state index contributed by atoms with van der Waals surface area (Å²) in [6.07, 6.45) is 0. The van der Waals surface area contributed by atoms with Gasteiger partial charge in [-0.05, 0) is 45.8 Å². The van der Waals surface area contributed by atoms with Crippen LogP contribution in [-0.4, -0.2) is 12.0 Å².